The van der Waals surface area contributed by atoms with Crippen LogP contribution in [-0.4, -0.2) is 16.1 Å². The molecule has 0 amide bonds. The standard InChI is InChI=1S/C8H6FNO2/c1-2-5-6(9)3-4-10-7(5)8(11)12/h2-4H,1H2,(H,11,12). The van der Waals surface area contributed by atoms with Crippen molar-refractivity contribution in [3.63, 3.8) is 0 Å². The Morgan fingerprint density at radius 1 is 1.75 bits per heavy atom. The molecule has 0 aliphatic rings. The molecule has 0 saturated heterocycles. The number of carboxylic acid groups (broad SMARTS) is 1. The molecule has 0 bridgehead atoms. The normalized spacial score (nSPS) is 9.42. The van der Waals surface area contributed by atoms with E-state index in [1.165, 1.54) is 0 Å². The Hall–Kier alpha value is -1.71. The quantitative estimate of drug-likeness (QED) is 0.727. The van der Waals surface area contributed by atoms with E-state index in [0.717, 1.165) is 18.3 Å². The lowest BCUT2D eigenvalue weighted by atomic mass is 10.2. The van der Waals surface area contributed by atoms with Crippen LogP contribution >= 0.6 is 0 Å². The van der Waals surface area contributed by atoms with Crippen LogP contribution in [0.5, 0.6) is 0 Å². The summed E-state index contributed by atoms with van der Waals surface area (Å²) in [5.74, 6) is -1.89. The predicted octanol–water partition coefficient (Wildman–Crippen LogP) is 1.56. The minimum atomic E-state index is -1.26. The lowest BCUT2D eigenvalue weighted by Gasteiger charge is -1.99. The topological polar surface area (TPSA) is 50.2 Å². The van der Waals surface area contributed by atoms with Gasteiger partial charge in [0.2, 0.25) is 0 Å². The zero-order valence-corrected chi connectivity index (χ0v) is 6.12. The van der Waals surface area contributed by atoms with Crippen LogP contribution in [0.3, 0.4) is 0 Å². The number of carboxylic acids is 1. The second-order valence-electron chi connectivity index (χ2n) is 2.06. The van der Waals surface area contributed by atoms with Crippen molar-refractivity contribution >= 4 is 12.0 Å². The molecule has 62 valence electrons. The summed E-state index contributed by atoms with van der Waals surface area (Å²) in [6, 6.07) is 1.09. The van der Waals surface area contributed by atoms with E-state index < -0.39 is 11.8 Å². The lowest BCUT2D eigenvalue weighted by Crippen LogP contribution is -2.04. The van der Waals surface area contributed by atoms with Gasteiger partial charge in [-0.05, 0) is 6.07 Å². The Balaban J connectivity index is 3.37. The third kappa shape index (κ3) is 1.32. The summed E-state index contributed by atoms with van der Waals surface area (Å²) in [6.07, 6.45) is 2.23. The summed E-state index contributed by atoms with van der Waals surface area (Å²) in [4.78, 5) is 14.0. The average molecular weight is 167 g/mol. The fourth-order valence-electron chi connectivity index (χ4n) is 0.814. The molecule has 0 saturated carbocycles. The summed E-state index contributed by atoms with van der Waals surface area (Å²) in [5, 5.41) is 8.54. The van der Waals surface area contributed by atoms with Crippen LogP contribution in [0.25, 0.3) is 6.08 Å². The van der Waals surface area contributed by atoms with Gasteiger partial charge in [0.15, 0.2) is 5.69 Å². The number of hydrogen-bond acceptors (Lipinski definition) is 2. The maximum absolute atomic E-state index is 12.8. The van der Waals surface area contributed by atoms with Gasteiger partial charge in [-0.2, -0.15) is 0 Å². The third-order valence-corrected chi connectivity index (χ3v) is 1.34. The van der Waals surface area contributed by atoms with Crippen molar-refractivity contribution in [3.8, 4) is 0 Å². The molecule has 0 radical (unpaired) electrons. The molecule has 4 heteroatoms. The summed E-state index contributed by atoms with van der Waals surface area (Å²) >= 11 is 0. The third-order valence-electron chi connectivity index (χ3n) is 1.34. The van der Waals surface area contributed by atoms with Crippen LogP contribution in [-0.2, 0) is 0 Å². The van der Waals surface area contributed by atoms with E-state index >= 15 is 0 Å². The van der Waals surface area contributed by atoms with Crippen molar-refractivity contribution in [1.29, 1.82) is 0 Å². The van der Waals surface area contributed by atoms with Crippen molar-refractivity contribution in [2.24, 2.45) is 0 Å². The first-order valence-corrected chi connectivity index (χ1v) is 3.17. The molecule has 1 rings (SSSR count). The Morgan fingerprint density at radius 3 is 2.83 bits per heavy atom. The number of carbonyl (C=O) groups is 1. The van der Waals surface area contributed by atoms with E-state index in [9.17, 15) is 9.18 Å². The van der Waals surface area contributed by atoms with Crippen LogP contribution < -0.4 is 0 Å². The molecule has 0 aliphatic heterocycles. The number of halogens is 1. The zero-order valence-electron chi connectivity index (χ0n) is 6.12. The van der Waals surface area contributed by atoms with Crippen LogP contribution in [0, 0.1) is 5.82 Å². The highest BCUT2D eigenvalue weighted by Crippen LogP contribution is 2.11. The Labute approximate surface area is 68.2 Å². The van der Waals surface area contributed by atoms with Crippen molar-refractivity contribution in [3.05, 3.63) is 35.9 Å². The molecule has 0 atom stereocenters. The minimum Gasteiger partial charge on any atom is -0.476 e. The second-order valence-corrected chi connectivity index (χ2v) is 2.06. The summed E-state index contributed by atoms with van der Waals surface area (Å²) in [5.41, 5.74) is -0.394. The predicted molar refractivity (Wildman–Crippen MR) is 41.2 cm³/mol. The molecule has 0 unspecified atom stereocenters. The van der Waals surface area contributed by atoms with E-state index in [4.69, 9.17) is 5.11 Å². The fraction of sp³-hybridized carbons (Fsp3) is 0. The van der Waals surface area contributed by atoms with E-state index in [0.29, 0.717) is 0 Å². The summed E-state index contributed by atoms with van der Waals surface area (Å²) in [6.45, 7) is 3.29. The highest BCUT2D eigenvalue weighted by Gasteiger charge is 2.12. The van der Waals surface area contributed by atoms with Gasteiger partial charge >= 0.3 is 5.97 Å². The number of nitrogens with zero attached hydrogens (tertiary/aromatic N) is 1. The Kier molecular flexibility index (Phi) is 2.19. The molecule has 1 aromatic heterocycles. The van der Waals surface area contributed by atoms with Gasteiger partial charge in [-0.3, -0.25) is 0 Å². The molecule has 1 heterocycles. The largest absolute Gasteiger partial charge is 0.476 e. The van der Waals surface area contributed by atoms with Crippen LogP contribution in [0.15, 0.2) is 18.8 Å². The van der Waals surface area contributed by atoms with Gasteiger partial charge in [0.1, 0.15) is 5.82 Å². The first kappa shape index (κ1) is 8.39. The number of pyridine rings is 1. The van der Waals surface area contributed by atoms with Gasteiger partial charge in [0.05, 0.1) is 0 Å². The molecular formula is C8H6FNO2. The van der Waals surface area contributed by atoms with Gasteiger partial charge in [0.25, 0.3) is 0 Å². The van der Waals surface area contributed by atoms with Gasteiger partial charge < -0.3 is 5.11 Å². The van der Waals surface area contributed by atoms with Gasteiger partial charge in [-0.25, -0.2) is 14.2 Å². The van der Waals surface area contributed by atoms with Crippen molar-refractivity contribution in [2.75, 3.05) is 0 Å². The monoisotopic (exact) mass is 167 g/mol. The van der Waals surface area contributed by atoms with Crippen molar-refractivity contribution in [1.82, 2.24) is 4.98 Å². The number of hydrogen-bond donors (Lipinski definition) is 1. The molecule has 0 fully saturated rings. The first-order chi connectivity index (χ1) is 5.66. The highest BCUT2D eigenvalue weighted by atomic mass is 19.1. The molecule has 0 aromatic carbocycles. The molecule has 1 N–H and O–H groups in total. The maximum atomic E-state index is 12.8. The zero-order chi connectivity index (χ0) is 9.14. The Bertz CT molecular complexity index is 336. The second kappa shape index (κ2) is 3.13. The molecular weight excluding hydrogens is 161 g/mol. The van der Waals surface area contributed by atoms with E-state index in [-0.39, 0.29) is 11.3 Å². The van der Waals surface area contributed by atoms with E-state index in [2.05, 4.69) is 11.6 Å². The molecule has 1 aromatic rings. The van der Waals surface area contributed by atoms with Crippen LogP contribution in [0.1, 0.15) is 16.1 Å². The number of rotatable bonds is 2. The molecule has 0 spiro atoms. The number of aromatic carboxylic acids is 1. The summed E-state index contributed by atoms with van der Waals surface area (Å²) < 4.78 is 12.8. The average Bonchev–Trinajstić information content (AvgIpc) is 2.03. The fourth-order valence-corrected chi connectivity index (χ4v) is 0.814. The number of aromatic nitrogens is 1. The van der Waals surface area contributed by atoms with Gasteiger partial charge in [0, 0.05) is 11.8 Å². The lowest BCUT2D eigenvalue weighted by molar-refractivity contribution is 0.0689. The van der Waals surface area contributed by atoms with E-state index in [1.807, 2.05) is 0 Å². The molecule has 0 aliphatic carbocycles. The highest BCUT2D eigenvalue weighted by molar-refractivity contribution is 5.89. The maximum Gasteiger partial charge on any atom is 0.355 e. The molecule has 12 heavy (non-hydrogen) atoms. The SMILES string of the molecule is C=Cc1c(F)ccnc1C(=O)O. The van der Waals surface area contributed by atoms with Crippen molar-refractivity contribution < 1.29 is 14.3 Å². The minimum absolute atomic E-state index is 0.0787. The molecule has 3 nitrogen and oxygen atoms in total. The van der Waals surface area contributed by atoms with Crippen LogP contribution in [0.4, 0.5) is 4.39 Å². The first-order valence-electron chi connectivity index (χ1n) is 3.17. The smallest absolute Gasteiger partial charge is 0.355 e. The van der Waals surface area contributed by atoms with Gasteiger partial charge in [-0.1, -0.05) is 12.7 Å². The van der Waals surface area contributed by atoms with Crippen LogP contribution in [0.2, 0.25) is 0 Å². The Morgan fingerprint density at radius 2 is 2.42 bits per heavy atom. The van der Waals surface area contributed by atoms with Crippen molar-refractivity contribution in [2.45, 2.75) is 0 Å². The summed E-state index contributed by atoms with van der Waals surface area (Å²) in [7, 11) is 0. The van der Waals surface area contributed by atoms with Gasteiger partial charge in [-0.15, -0.1) is 0 Å². The van der Waals surface area contributed by atoms with E-state index in [1.54, 1.807) is 0 Å².